The summed E-state index contributed by atoms with van der Waals surface area (Å²) in [5.41, 5.74) is 7.40. The molecule has 0 aliphatic heterocycles. The molecule has 2 aromatic rings. The molecular weight excluding hydrogens is 356 g/mol. The number of nitrogens with two attached hydrogens (primary N) is 1. The fourth-order valence-corrected chi connectivity index (χ4v) is 2.91. The second-order valence-electron chi connectivity index (χ2n) is 5.74. The molecule has 2 aromatic carbocycles. The SMILES string of the molecule is NC(=O)c1ccc(CN(C(=O)c2cccc(Br)c2)C2CC2)cc1. The lowest BCUT2D eigenvalue weighted by atomic mass is 10.1. The average Bonchev–Trinajstić information content (AvgIpc) is 3.37. The molecule has 118 valence electrons. The largest absolute Gasteiger partial charge is 0.366 e. The number of carbonyl (C=O) groups excluding carboxylic acids is 2. The summed E-state index contributed by atoms with van der Waals surface area (Å²) < 4.78 is 0.893. The van der Waals surface area contributed by atoms with Crippen LogP contribution in [-0.2, 0) is 6.54 Å². The Kier molecular flexibility index (Phi) is 4.48. The van der Waals surface area contributed by atoms with Gasteiger partial charge in [0, 0.05) is 28.2 Å². The highest BCUT2D eigenvalue weighted by Crippen LogP contribution is 2.30. The minimum atomic E-state index is -0.444. The first-order valence-corrected chi connectivity index (χ1v) is 8.29. The monoisotopic (exact) mass is 372 g/mol. The van der Waals surface area contributed by atoms with Crippen LogP contribution in [0.4, 0.5) is 0 Å². The van der Waals surface area contributed by atoms with E-state index in [1.807, 2.05) is 41.3 Å². The van der Waals surface area contributed by atoms with E-state index in [2.05, 4.69) is 15.9 Å². The summed E-state index contributed by atoms with van der Waals surface area (Å²) in [6, 6.07) is 14.8. The molecule has 0 heterocycles. The van der Waals surface area contributed by atoms with Gasteiger partial charge in [0.2, 0.25) is 5.91 Å². The molecule has 1 aliphatic rings. The van der Waals surface area contributed by atoms with Crippen LogP contribution in [0.2, 0.25) is 0 Å². The van der Waals surface area contributed by atoms with E-state index in [0.717, 1.165) is 22.9 Å². The van der Waals surface area contributed by atoms with Crippen molar-refractivity contribution < 1.29 is 9.59 Å². The maximum atomic E-state index is 12.8. The highest BCUT2D eigenvalue weighted by molar-refractivity contribution is 9.10. The molecule has 1 aliphatic carbocycles. The second-order valence-corrected chi connectivity index (χ2v) is 6.65. The van der Waals surface area contributed by atoms with E-state index in [1.54, 1.807) is 12.1 Å². The van der Waals surface area contributed by atoms with Crippen molar-refractivity contribution in [3.8, 4) is 0 Å². The number of carbonyl (C=O) groups is 2. The smallest absolute Gasteiger partial charge is 0.254 e. The summed E-state index contributed by atoms with van der Waals surface area (Å²) in [6.07, 6.45) is 2.08. The van der Waals surface area contributed by atoms with Gasteiger partial charge < -0.3 is 10.6 Å². The number of benzene rings is 2. The fraction of sp³-hybridized carbons (Fsp3) is 0.222. The number of hydrogen-bond acceptors (Lipinski definition) is 2. The van der Waals surface area contributed by atoms with Gasteiger partial charge in [0.05, 0.1) is 0 Å². The number of rotatable bonds is 5. The Morgan fingerprint density at radius 1 is 1.09 bits per heavy atom. The zero-order valence-corrected chi connectivity index (χ0v) is 14.1. The van der Waals surface area contributed by atoms with Crippen molar-refractivity contribution in [2.45, 2.75) is 25.4 Å². The molecule has 23 heavy (non-hydrogen) atoms. The van der Waals surface area contributed by atoms with Crippen molar-refractivity contribution in [3.05, 3.63) is 69.7 Å². The van der Waals surface area contributed by atoms with Gasteiger partial charge in [-0.15, -0.1) is 0 Å². The van der Waals surface area contributed by atoms with Crippen molar-refractivity contribution in [2.75, 3.05) is 0 Å². The topological polar surface area (TPSA) is 63.4 Å². The van der Waals surface area contributed by atoms with Crippen LogP contribution < -0.4 is 5.73 Å². The first-order chi connectivity index (χ1) is 11.0. The molecule has 1 saturated carbocycles. The van der Waals surface area contributed by atoms with Crippen molar-refractivity contribution in [3.63, 3.8) is 0 Å². The summed E-state index contributed by atoms with van der Waals surface area (Å²) >= 11 is 3.41. The molecule has 2 amide bonds. The number of halogens is 1. The van der Waals surface area contributed by atoms with Crippen LogP contribution in [0.15, 0.2) is 53.0 Å². The Morgan fingerprint density at radius 3 is 2.35 bits per heavy atom. The third kappa shape index (κ3) is 3.79. The lowest BCUT2D eigenvalue weighted by Gasteiger charge is -2.23. The molecule has 3 rings (SSSR count). The first-order valence-electron chi connectivity index (χ1n) is 7.50. The number of primary amides is 1. The summed E-state index contributed by atoms with van der Waals surface area (Å²) in [7, 11) is 0. The quantitative estimate of drug-likeness (QED) is 0.874. The molecule has 0 unspecified atom stereocenters. The summed E-state index contributed by atoms with van der Waals surface area (Å²) in [6.45, 7) is 0.537. The van der Waals surface area contributed by atoms with Crippen LogP contribution in [0.5, 0.6) is 0 Å². The Hall–Kier alpha value is -2.14. The predicted octanol–water partition coefficient (Wildman–Crippen LogP) is 3.35. The third-order valence-electron chi connectivity index (χ3n) is 3.91. The zero-order valence-electron chi connectivity index (χ0n) is 12.5. The minimum absolute atomic E-state index is 0.0350. The Bertz CT molecular complexity index is 739. The summed E-state index contributed by atoms with van der Waals surface area (Å²) in [5.74, 6) is -0.409. The van der Waals surface area contributed by atoms with E-state index in [-0.39, 0.29) is 5.91 Å². The van der Waals surface area contributed by atoms with Gasteiger partial charge >= 0.3 is 0 Å². The molecule has 1 fully saturated rings. The van der Waals surface area contributed by atoms with Crippen LogP contribution >= 0.6 is 15.9 Å². The standard InChI is InChI=1S/C18H17BrN2O2/c19-15-3-1-2-14(10-15)18(23)21(16-8-9-16)11-12-4-6-13(7-5-12)17(20)22/h1-7,10,16H,8-9,11H2,(H2,20,22). The first kappa shape index (κ1) is 15.7. The summed E-state index contributed by atoms with van der Waals surface area (Å²) in [4.78, 5) is 25.8. The average molecular weight is 373 g/mol. The van der Waals surface area contributed by atoms with Crippen LogP contribution in [0.1, 0.15) is 39.1 Å². The molecule has 0 radical (unpaired) electrons. The van der Waals surface area contributed by atoms with Gasteiger partial charge in [-0.1, -0.05) is 34.1 Å². The van der Waals surface area contributed by atoms with Crippen molar-refractivity contribution >= 4 is 27.7 Å². The molecule has 0 saturated heterocycles. The third-order valence-corrected chi connectivity index (χ3v) is 4.40. The normalized spacial score (nSPS) is 13.6. The Balaban J connectivity index is 1.79. The van der Waals surface area contributed by atoms with E-state index in [9.17, 15) is 9.59 Å². The second kappa shape index (κ2) is 6.54. The molecule has 4 nitrogen and oxygen atoms in total. The van der Waals surface area contributed by atoms with Crippen LogP contribution in [0.3, 0.4) is 0 Å². The zero-order chi connectivity index (χ0) is 16.4. The van der Waals surface area contributed by atoms with Crippen LogP contribution in [0, 0.1) is 0 Å². The molecule has 0 atom stereocenters. The van der Waals surface area contributed by atoms with Crippen molar-refractivity contribution in [1.29, 1.82) is 0 Å². The van der Waals surface area contributed by atoms with Crippen LogP contribution in [0.25, 0.3) is 0 Å². The van der Waals surface area contributed by atoms with Gasteiger partial charge in [0.15, 0.2) is 0 Å². The predicted molar refractivity (Wildman–Crippen MR) is 92.0 cm³/mol. The maximum absolute atomic E-state index is 12.8. The number of amides is 2. The molecule has 0 spiro atoms. The molecular formula is C18H17BrN2O2. The number of hydrogen-bond donors (Lipinski definition) is 1. The molecule has 2 N–H and O–H groups in total. The van der Waals surface area contributed by atoms with Gasteiger partial charge in [-0.25, -0.2) is 0 Å². The number of nitrogens with zero attached hydrogens (tertiary/aromatic N) is 1. The molecule has 0 bridgehead atoms. The van der Waals surface area contributed by atoms with Gasteiger partial charge in [0.25, 0.3) is 5.91 Å². The lowest BCUT2D eigenvalue weighted by Crippen LogP contribution is -2.32. The fourth-order valence-electron chi connectivity index (χ4n) is 2.51. The highest BCUT2D eigenvalue weighted by atomic mass is 79.9. The Morgan fingerprint density at radius 2 is 1.78 bits per heavy atom. The van der Waals surface area contributed by atoms with Gasteiger partial charge in [-0.2, -0.15) is 0 Å². The minimum Gasteiger partial charge on any atom is -0.366 e. The van der Waals surface area contributed by atoms with E-state index in [0.29, 0.717) is 23.7 Å². The lowest BCUT2D eigenvalue weighted by molar-refractivity contribution is 0.0729. The van der Waals surface area contributed by atoms with E-state index in [1.165, 1.54) is 0 Å². The van der Waals surface area contributed by atoms with Gasteiger partial charge in [-0.05, 0) is 48.7 Å². The summed E-state index contributed by atoms with van der Waals surface area (Å²) in [5, 5.41) is 0. The van der Waals surface area contributed by atoms with Gasteiger partial charge in [-0.3, -0.25) is 9.59 Å². The van der Waals surface area contributed by atoms with E-state index in [4.69, 9.17) is 5.73 Å². The van der Waals surface area contributed by atoms with Crippen LogP contribution in [-0.4, -0.2) is 22.8 Å². The highest BCUT2D eigenvalue weighted by Gasteiger charge is 2.33. The maximum Gasteiger partial charge on any atom is 0.254 e. The van der Waals surface area contributed by atoms with Crippen molar-refractivity contribution in [1.82, 2.24) is 4.90 Å². The molecule has 0 aromatic heterocycles. The van der Waals surface area contributed by atoms with E-state index >= 15 is 0 Å². The van der Waals surface area contributed by atoms with Crippen molar-refractivity contribution in [2.24, 2.45) is 5.73 Å². The molecule has 5 heteroatoms. The van der Waals surface area contributed by atoms with E-state index < -0.39 is 5.91 Å². The van der Waals surface area contributed by atoms with Gasteiger partial charge in [0.1, 0.15) is 0 Å². The Labute approximate surface area is 143 Å².